The molecule has 13 heteroatoms. The number of rotatable bonds is 8. The van der Waals surface area contributed by atoms with E-state index in [1.165, 1.54) is 45.2 Å². The van der Waals surface area contributed by atoms with E-state index in [-0.39, 0.29) is 40.9 Å². The van der Waals surface area contributed by atoms with Crippen molar-refractivity contribution in [2.45, 2.75) is 24.8 Å². The van der Waals surface area contributed by atoms with Crippen molar-refractivity contribution in [1.82, 2.24) is 15.2 Å². The molecular weight excluding hydrogens is 434 g/mol. The van der Waals surface area contributed by atoms with Gasteiger partial charge in [-0.3, -0.25) is 24.3 Å². The van der Waals surface area contributed by atoms with Crippen molar-refractivity contribution in [3.05, 3.63) is 11.3 Å². The molecule has 29 heavy (non-hydrogen) atoms. The van der Waals surface area contributed by atoms with Crippen LogP contribution in [0.25, 0.3) is 0 Å². The second-order valence-corrected chi connectivity index (χ2v) is 9.18. The van der Waals surface area contributed by atoms with Crippen LogP contribution >= 0.6 is 35.3 Å². The normalized spacial score (nSPS) is 21.2. The van der Waals surface area contributed by atoms with Gasteiger partial charge in [0.2, 0.25) is 5.91 Å². The van der Waals surface area contributed by atoms with Gasteiger partial charge in [0.05, 0.1) is 23.3 Å². The van der Waals surface area contributed by atoms with E-state index in [9.17, 15) is 14.4 Å². The molecule has 2 heterocycles. The zero-order valence-electron chi connectivity index (χ0n) is 16.1. The van der Waals surface area contributed by atoms with Crippen molar-refractivity contribution >= 4 is 58.1 Å². The molecule has 2 aliphatic heterocycles. The lowest BCUT2D eigenvalue weighted by atomic mass is 10.00. The number of nitrogens with one attached hydrogen (secondary N) is 1. The number of hydrogen-bond acceptors (Lipinski definition) is 10. The molecule has 10 nitrogen and oxygen atoms in total. The topological polar surface area (TPSA) is 158 Å². The standard InChI is InChI=1S/C16H23N7O3S3/c1-3-10(24)13-9(7-29-16(21-18)22(2)19)6-28-15-12(14(26)23(13)15)20-11(25)8-27-5-4-17/h12,15H,3,5-8,18-19H2,1-2H3,(H,20,25)/b21-16+. The molecule has 1 saturated heterocycles. The number of nitriles is 1. The van der Waals surface area contributed by atoms with E-state index < -0.39 is 6.04 Å². The van der Waals surface area contributed by atoms with Gasteiger partial charge in [-0.25, -0.2) is 5.84 Å². The fourth-order valence-electron chi connectivity index (χ4n) is 2.83. The first-order valence-electron chi connectivity index (χ1n) is 8.68. The summed E-state index contributed by atoms with van der Waals surface area (Å²) >= 11 is 3.96. The van der Waals surface area contributed by atoms with Gasteiger partial charge in [0.15, 0.2) is 11.0 Å². The van der Waals surface area contributed by atoms with Crippen LogP contribution in [0.2, 0.25) is 0 Å². The number of fused-ring (bicyclic) bond motifs is 1. The molecule has 0 spiro atoms. The monoisotopic (exact) mass is 457 g/mol. The fraction of sp³-hybridized carbons (Fsp3) is 0.562. The lowest BCUT2D eigenvalue weighted by Crippen LogP contribution is -2.70. The van der Waals surface area contributed by atoms with Gasteiger partial charge in [-0.05, 0) is 5.57 Å². The van der Waals surface area contributed by atoms with Crippen LogP contribution in [0, 0.1) is 11.3 Å². The first-order valence-corrected chi connectivity index (χ1v) is 11.9. The summed E-state index contributed by atoms with van der Waals surface area (Å²) in [7, 11) is 1.61. The second-order valence-electron chi connectivity index (χ2n) is 6.15. The van der Waals surface area contributed by atoms with Gasteiger partial charge >= 0.3 is 0 Å². The molecule has 1 fully saturated rings. The summed E-state index contributed by atoms with van der Waals surface area (Å²) in [5.41, 5.74) is 1.21. The zero-order chi connectivity index (χ0) is 21.6. The molecule has 0 bridgehead atoms. The number of Topliss-reactive ketones (excluding diaryl/α,β-unsaturated/α-hetero) is 1. The summed E-state index contributed by atoms with van der Waals surface area (Å²) in [6.07, 6.45) is 0.265. The predicted octanol–water partition coefficient (Wildman–Crippen LogP) is -0.355. The minimum Gasteiger partial charge on any atom is -0.341 e. The van der Waals surface area contributed by atoms with Gasteiger partial charge in [-0.15, -0.1) is 23.5 Å². The summed E-state index contributed by atoms with van der Waals surface area (Å²) < 4.78 is 0. The number of hydrogen-bond donors (Lipinski definition) is 3. The van der Waals surface area contributed by atoms with Crippen molar-refractivity contribution in [3.63, 3.8) is 0 Å². The fourth-order valence-corrected chi connectivity index (χ4v) is 5.58. The maximum atomic E-state index is 12.7. The highest BCUT2D eigenvalue weighted by molar-refractivity contribution is 8.14. The lowest BCUT2D eigenvalue weighted by Gasteiger charge is -2.50. The van der Waals surface area contributed by atoms with Gasteiger partial charge in [-0.1, -0.05) is 18.7 Å². The first kappa shape index (κ1) is 23.4. The molecule has 0 radical (unpaired) electrons. The number of nitrogens with zero attached hydrogens (tertiary/aromatic N) is 4. The number of carbonyl (C=O) groups excluding carboxylic acids is 3. The molecule has 2 rings (SSSR count). The van der Waals surface area contributed by atoms with Crippen LogP contribution in [0.1, 0.15) is 13.3 Å². The molecule has 0 aromatic heterocycles. The number of amides is 2. The zero-order valence-corrected chi connectivity index (χ0v) is 18.5. The molecule has 0 saturated carbocycles. The van der Waals surface area contributed by atoms with E-state index in [1.54, 1.807) is 14.0 Å². The number of hydrazone groups is 1. The maximum Gasteiger partial charge on any atom is 0.253 e. The molecule has 2 aliphatic rings. The molecule has 158 valence electrons. The quantitative estimate of drug-likeness (QED) is 0.110. The Kier molecular flexibility index (Phi) is 8.69. The number of carbonyl (C=O) groups is 3. The average molecular weight is 458 g/mol. The number of ketones is 1. The van der Waals surface area contributed by atoms with Crippen molar-refractivity contribution < 1.29 is 14.4 Å². The van der Waals surface area contributed by atoms with Gasteiger partial charge in [0, 0.05) is 25.0 Å². The first-order chi connectivity index (χ1) is 13.8. The van der Waals surface area contributed by atoms with E-state index in [0.717, 1.165) is 5.57 Å². The van der Waals surface area contributed by atoms with Crippen molar-refractivity contribution in [2.75, 3.05) is 30.1 Å². The molecular formula is C16H23N7O3S3. The molecule has 0 aliphatic carbocycles. The molecule has 2 amide bonds. The van der Waals surface area contributed by atoms with Crippen LogP contribution in [0.15, 0.2) is 16.4 Å². The second kappa shape index (κ2) is 10.8. The van der Waals surface area contributed by atoms with Gasteiger partial charge in [-0.2, -0.15) is 10.4 Å². The largest absolute Gasteiger partial charge is 0.341 e. The van der Waals surface area contributed by atoms with Gasteiger partial charge in [0.1, 0.15) is 11.4 Å². The lowest BCUT2D eigenvalue weighted by molar-refractivity contribution is -0.147. The third-order valence-corrected chi connectivity index (χ3v) is 7.42. The van der Waals surface area contributed by atoms with Crippen LogP contribution in [0.3, 0.4) is 0 Å². The maximum absolute atomic E-state index is 12.7. The number of β-lactam (4-membered cyclic amide) rings is 1. The van der Waals surface area contributed by atoms with Crippen LogP contribution in [-0.4, -0.2) is 74.1 Å². The molecule has 0 aromatic rings. The summed E-state index contributed by atoms with van der Waals surface area (Å²) in [5, 5.41) is 16.2. The van der Waals surface area contributed by atoms with E-state index in [1.807, 2.05) is 6.07 Å². The minimum atomic E-state index is -0.666. The number of thioether (sulfide) groups is 3. The van der Waals surface area contributed by atoms with Crippen LogP contribution in [-0.2, 0) is 14.4 Å². The summed E-state index contributed by atoms with van der Waals surface area (Å²) in [4.78, 5) is 38.8. The highest BCUT2D eigenvalue weighted by Crippen LogP contribution is 2.41. The highest BCUT2D eigenvalue weighted by atomic mass is 32.2. The number of nitrogens with two attached hydrogens (primary N) is 2. The average Bonchev–Trinajstić information content (AvgIpc) is 2.71. The minimum absolute atomic E-state index is 0.112. The Morgan fingerprint density at radius 2 is 2.24 bits per heavy atom. The van der Waals surface area contributed by atoms with Crippen LogP contribution in [0.5, 0.6) is 0 Å². The van der Waals surface area contributed by atoms with E-state index in [4.69, 9.17) is 16.9 Å². The number of amidine groups is 1. The third kappa shape index (κ3) is 5.39. The van der Waals surface area contributed by atoms with Gasteiger partial charge < -0.3 is 11.2 Å². The molecule has 2 atom stereocenters. The van der Waals surface area contributed by atoms with Crippen molar-refractivity contribution in [2.24, 2.45) is 16.8 Å². The summed E-state index contributed by atoms with van der Waals surface area (Å²) in [5.74, 6) is 11.6. The Morgan fingerprint density at radius 3 is 2.83 bits per heavy atom. The third-order valence-electron chi connectivity index (χ3n) is 4.14. The Balaban J connectivity index is 2.12. The van der Waals surface area contributed by atoms with Gasteiger partial charge in [0.25, 0.3) is 5.91 Å². The predicted molar refractivity (Wildman–Crippen MR) is 116 cm³/mol. The van der Waals surface area contributed by atoms with E-state index >= 15 is 0 Å². The number of hydrazine groups is 1. The molecule has 5 N–H and O–H groups in total. The molecule has 2 unspecified atom stereocenters. The van der Waals surface area contributed by atoms with E-state index in [0.29, 0.717) is 22.4 Å². The van der Waals surface area contributed by atoms with Crippen LogP contribution in [0.4, 0.5) is 0 Å². The van der Waals surface area contributed by atoms with E-state index in [2.05, 4.69) is 10.4 Å². The summed E-state index contributed by atoms with van der Waals surface area (Å²) in [6, 6.07) is 1.28. The van der Waals surface area contributed by atoms with Crippen molar-refractivity contribution in [3.8, 4) is 6.07 Å². The smallest absolute Gasteiger partial charge is 0.253 e. The highest BCUT2D eigenvalue weighted by Gasteiger charge is 2.53. The van der Waals surface area contributed by atoms with Crippen molar-refractivity contribution in [1.29, 1.82) is 5.26 Å². The number of allylic oxidation sites excluding steroid dienone is 1. The Morgan fingerprint density at radius 1 is 1.52 bits per heavy atom. The Bertz CT molecular complexity index is 778. The Labute approximate surface area is 181 Å². The summed E-state index contributed by atoms with van der Waals surface area (Å²) in [6.45, 7) is 1.74. The molecule has 0 aromatic carbocycles. The van der Waals surface area contributed by atoms with Crippen LogP contribution < -0.4 is 17.0 Å². The SMILES string of the molecule is CCC(=O)C1=C(CS/C(=N/N)N(C)N)CSC2C(NC(=O)CSCC#N)C(=O)N12. The Hall–Kier alpha value is -1.88.